The first-order valence-electron chi connectivity index (χ1n) is 5.74. The molecule has 0 unspecified atom stereocenters. The molecule has 0 aromatic heterocycles. The SMILES string of the molecule is NC(=O)c1ccc(N)cc1OCc1cccc(Cl)c1F. The van der Waals surface area contributed by atoms with E-state index in [1.165, 1.54) is 30.3 Å². The van der Waals surface area contributed by atoms with Crippen molar-refractivity contribution in [1.29, 1.82) is 0 Å². The third-order valence-corrected chi connectivity index (χ3v) is 2.98. The van der Waals surface area contributed by atoms with Gasteiger partial charge in [0.05, 0.1) is 10.6 Å². The van der Waals surface area contributed by atoms with Gasteiger partial charge in [0.15, 0.2) is 0 Å². The lowest BCUT2D eigenvalue weighted by molar-refractivity contribution is 0.0996. The number of carbonyl (C=O) groups excluding carboxylic acids is 1. The summed E-state index contributed by atoms with van der Waals surface area (Å²) in [5.74, 6) is -0.998. The van der Waals surface area contributed by atoms with E-state index >= 15 is 0 Å². The molecule has 0 aliphatic heterocycles. The van der Waals surface area contributed by atoms with Crippen LogP contribution in [0.15, 0.2) is 36.4 Å². The number of anilines is 1. The van der Waals surface area contributed by atoms with Gasteiger partial charge < -0.3 is 16.2 Å². The van der Waals surface area contributed by atoms with Crippen LogP contribution in [0, 0.1) is 5.82 Å². The van der Waals surface area contributed by atoms with Crippen LogP contribution in [0.3, 0.4) is 0 Å². The molecule has 20 heavy (non-hydrogen) atoms. The lowest BCUT2D eigenvalue weighted by Gasteiger charge is -2.11. The fourth-order valence-electron chi connectivity index (χ4n) is 1.68. The van der Waals surface area contributed by atoms with Gasteiger partial charge >= 0.3 is 0 Å². The molecule has 2 aromatic rings. The van der Waals surface area contributed by atoms with E-state index in [4.69, 9.17) is 27.8 Å². The molecule has 0 saturated heterocycles. The predicted molar refractivity (Wildman–Crippen MR) is 75.1 cm³/mol. The number of amides is 1. The Bertz CT molecular complexity index is 662. The maximum absolute atomic E-state index is 13.7. The van der Waals surface area contributed by atoms with E-state index in [0.29, 0.717) is 5.69 Å². The first-order chi connectivity index (χ1) is 9.49. The van der Waals surface area contributed by atoms with Crippen LogP contribution in [-0.2, 0) is 6.61 Å². The van der Waals surface area contributed by atoms with Crippen LogP contribution < -0.4 is 16.2 Å². The maximum Gasteiger partial charge on any atom is 0.252 e. The fraction of sp³-hybridized carbons (Fsp3) is 0.0714. The third kappa shape index (κ3) is 3.00. The molecule has 0 aliphatic rings. The van der Waals surface area contributed by atoms with E-state index in [0.717, 1.165) is 0 Å². The van der Waals surface area contributed by atoms with Crippen LogP contribution in [-0.4, -0.2) is 5.91 Å². The smallest absolute Gasteiger partial charge is 0.252 e. The summed E-state index contributed by atoms with van der Waals surface area (Å²) in [4.78, 5) is 11.3. The minimum absolute atomic E-state index is 0.00815. The number of rotatable bonds is 4. The molecule has 2 rings (SSSR count). The summed E-state index contributed by atoms with van der Waals surface area (Å²) in [7, 11) is 0. The van der Waals surface area contributed by atoms with Crippen molar-refractivity contribution in [3.05, 3.63) is 58.4 Å². The Balaban J connectivity index is 2.24. The molecule has 104 valence electrons. The van der Waals surface area contributed by atoms with Crippen LogP contribution in [0.5, 0.6) is 5.75 Å². The van der Waals surface area contributed by atoms with Gasteiger partial charge in [-0.1, -0.05) is 23.7 Å². The van der Waals surface area contributed by atoms with Gasteiger partial charge in [0.25, 0.3) is 5.91 Å². The third-order valence-electron chi connectivity index (χ3n) is 2.69. The van der Waals surface area contributed by atoms with Crippen LogP contribution >= 0.6 is 11.6 Å². The molecule has 0 spiro atoms. The Hall–Kier alpha value is -2.27. The monoisotopic (exact) mass is 294 g/mol. The molecule has 0 fully saturated rings. The second-order valence-electron chi connectivity index (χ2n) is 4.12. The first-order valence-corrected chi connectivity index (χ1v) is 6.12. The molecule has 6 heteroatoms. The number of hydrogen-bond donors (Lipinski definition) is 2. The summed E-state index contributed by atoms with van der Waals surface area (Å²) in [6.45, 7) is -0.0872. The molecular weight excluding hydrogens is 283 g/mol. The van der Waals surface area contributed by atoms with Crippen LogP contribution in [0.25, 0.3) is 0 Å². The number of primary amides is 1. The highest BCUT2D eigenvalue weighted by atomic mass is 35.5. The minimum atomic E-state index is -0.647. The normalized spacial score (nSPS) is 10.3. The summed E-state index contributed by atoms with van der Waals surface area (Å²) in [5, 5.41) is 0.00815. The Kier molecular flexibility index (Phi) is 4.10. The van der Waals surface area contributed by atoms with Gasteiger partial charge in [0.1, 0.15) is 18.2 Å². The van der Waals surface area contributed by atoms with Crippen molar-refractivity contribution < 1.29 is 13.9 Å². The van der Waals surface area contributed by atoms with Gasteiger partial charge in [-0.2, -0.15) is 0 Å². The molecule has 4 N–H and O–H groups in total. The molecule has 0 atom stereocenters. The number of nitrogen functional groups attached to an aromatic ring is 1. The van der Waals surface area contributed by atoms with Crippen molar-refractivity contribution in [3.8, 4) is 5.75 Å². The van der Waals surface area contributed by atoms with Gasteiger partial charge in [-0.25, -0.2) is 4.39 Å². The average molecular weight is 295 g/mol. The van der Waals surface area contributed by atoms with Crippen molar-refractivity contribution in [2.24, 2.45) is 5.73 Å². The van der Waals surface area contributed by atoms with Gasteiger partial charge in [-0.05, 0) is 18.2 Å². The molecule has 0 saturated carbocycles. The average Bonchev–Trinajstić information content (AvgIpc) is 2.40. The molecule has 1 amide bonds. The molecular formula is C14H12ClFN2O2. The summed E-state index contributed by atoms with van der Waals surface area (Å²) in [5.41, 5.74) is 11.7. The van der Waals surface area contributed by atoms with Gasteiger partial charge in [-0.3, -0.25) is 4.79 Å². The Labute approximate surface area is 120 Å². The number of halogens is 2. The number of ether oxygens (including phenoxy) is 1. The Morgan fingerprint density at radius 3 is 2.75 bits per heavy atom. The zero-order valence-corrected chi connectivity index (χ0v) is 11.2. The topological polar surface area (TPSA) is 78.3 Å². The highest BCUT2D eigenvalue weighted by Crippen LogP contribution is 2.24. The van der Waals surface area contributed by atoms with Crippen molar-refractivity contribution >= 4 is 23.2 Å². The molecule has 0 heterocycles. The Morgan fingerprint density at radius 1 is 1.30 bits per heavy atom. The number of benzene rings is 2. The van der Waals surface area contributed by atoms with Crippen molar-refractivity contribution in [2.75, 3.05) is 5.73 Å². The first kappa shape index (κ1) is 14.1. The van der Waals surface area contributed by atoms with Gasteiger partial charge in [0, 0.05) is 17.3 Å². The van der Waals surface area contributed by atoms with E-state index in [-0.39, 0.29) is 28.5 Å². The van der Waals surface area contributed by atoms with E-state index in [9.17, 15) is 9.18 Å². The van der Waals surface area contributed by atoms with Gasteiger partial charge in [0.2, 0.25) is 0 Å². The van der Waals surface area contributed by atoms with Crippen LogP contribution in [0.2, 0.25) is 5.02 Å². The zero-order valence-electron chi connectivity index (χ0n) is 10.4. The number of carbonyl (C=O) groups is 1. The van der Waals surface area contributed by atoms with E-state index in [1.807, 2.05) is 0 Å². The largest absolute Gasteiger partial charge is 0.488 e. The van der Waals surface area contributed by atoms with Crippen molar-refractivity contribution in [2.45, 2.75) is 6.61 Å². The van der Waals surface area contributed by atoms with Crippen molar-refractivity contribution in [1.82, 2.24) is 0 Å². The quantitative estimate of drug-likeness (QED) is 0.851. The number of nitrogens with two attached hydrogens (primary N) is 2. The molecule has 4 nitrogen and oxygen atoms in total. The molecule has 2 aromatic carbocycles. The summed E-state index contributed by atoms with van der Waals surface area (Å²) < 4.78 is 19.1. The standard InChI is InChI=1S/C14H12ClFN2O2/c15-11-3-1-2-8(13(11)16)7-20-12-6-9(17)4-5-10(12)14(18)19/h1-6H,7,17H2,(H2,18,19). The molecule has 0 aliphatic carbocycles. The van der Waals surface area contributed by atoms with E-state index < -0.39 is 11.7 Å². The second-order valence-corrected chi connectivity index (χ2v) is 4.53. The van der Waals surface area contributed by atoms with Crippen LogP contribution in [0.1, 0.15) is 15.9 Å². The molecule has 0 bridgehead atoms. The predicted octanol–water partition coefficient (Wildman–Crippen LogP) is 2.74. The van der Waals surface area contributed by atoms with E-state index in [2.05, 4.69) is 0 Å². The summed E-state index contributed by atoms with van der Waals surface area (Å²) in [6, 6.07) is 9.04. The lowest BCUT2D eigenvalue weighted by Crippen LogP contribution is -2.13. The highest BCUT2D eigenvalue weighted by Gasteiger charge is 2.12. The van der Waals surface area contributed by atoms with Gasteiger partial charge in [-0.15, -0.1) is 0 Å². The minimum Gasteiger partial charge on any atom is -0.488 e. The molecule has 0 radical (unpaired) electrons. The zero-order chi connectivity index (χ0) is 14.7. The van der Waals surface area contributed by atoms with Crippen LogP contribution in [0.4, 0.5) is 10.1 Å². The number of hydrogen-bond acceptors (Lipinski definition) is 3. The fourth-order valence-corrected chi connectivity index (χ4v) is 1.87. The maximum atomic E-state index is 13.7. The van der Waals surface area contributed by atoms with Crippen molar-refractivity contribution in [3.63, 3.8) is 0 Å². The lowest BCUT2D eigenvalue weighted by atomic mass is 10.1. The highest BCUT2D eigenvalue weighted by molar-refractivity contribution is 6.30. The Morgan fingerprint density at radius 2 is 2.05 bits per heavy atom. The van der Waals surface area contributed by atoms with E-state index in [1.54, 1.807) is 6.07 Å². The summed E-state index contributed by atoms with van der Waals surface area (Å²) in [6.07, 6.45) is 0. The summed E-state index contributed by atoms with van der Waals surface area (Å²) >= 11 is 5.68. The second kappa shape index (κ2) is 5.79.